The molecule has 0 aliphatic carbocycles. The highest BCUT2D eigenvalue weighted by molar-refractivity contribution is 5.96. The van der Waals surface area contributed by atoms with Crippen LogP contribution in [-0.4, -0.2) is 120 Å². The Hall–Kier alpha value is -3.25. The van der Waals surface area contributed by atoms with Crippen molar-refractivity contribution in [3.8, 4) is 23.0 Å². The van der Waals surface area contributed by atoms with Crippen molar-refractivity contribution in [1.29, 1.82) is 0 Å². The fraction of sp³-hybridized carbons (Fsp3) is 0.519. The molecule has 0 bridgehead atoms. The van der Waals surface area contributed by atoms with Crippen LogP contribution in [0.15, 0.2) is 33.5 Å². The van der Waals surface area contributed by atoms with E-state index in [-0.39, 0.29) is 45.8 Å². The number of benzene rings is 2. The third kappa shape index (κ3) is 5.34. The van der Waals surface area contributed by atoms with E-state index < -0.39 is 67.3 Å². The van der Waals surface area contributed by atoms with Crippen molar-refractivity contribution in [2.24, 2.45) is 0 Å². The van der Waals surface area contributed by atoms with E-state index >= 15 is 0 Å². The average molecular weight is 597 g/mol. The molecule has 0 radical (unpaired) electrons. The van der Waals surface area contributed by atoms with E-state index in [9.17, 15) is 35.4 Å². The maximum Gasteiger partial charge on any atom is 0.229 e. The highest BCUT2D eigenvalue weighted by Gasteiger charge is 2.47. The molecule has 15 nitrogen and oxygen atoms in total. The quantitative estimate of drug-likeness (QED) is 0.165. The lowest BCUT2D eigenvalue weighted by Gasteiger charge is -2.41. The first-order valence-electron chi connectivity index (χ1n) is 12.9. The molecule has 2 aliphatic heterocycles. The van der Waals surface area contributed by atoms with Crippen molar-refractivity contribution in [3.63, 3.8) is 0 Å². The number of rotatable bonds is 8. The second kappa shape index (κ2) is 12.2. The minimum Gasteiger partial charge on any atom is -0.497 e. The van der Waals surface area contributed by atoms with Crippen molar-refractivity contribution >= 4 is 21.9 Å². The molecule has 6 N–H and O–H groups in total. The van der Waals surface area contributed by atoms with Crippen LogP contribution in [0, 0.1) is 0 Å². The number of ether oxygens (including phenoxy) is 7. The number of hydrogen-bond acceptors (Lipinski definition) is 15. The van der Waals surface area contributed by atoms with Crippen LogP contribution in [0.25, 0.3) is 21.9 Å². The van der Waals surface area contributed by atoms with Crippen LogP contribution in [0.1, 0.15) is 0 Å². The highest BCUT2D eigenvalue weighted by atomic mass is 16.7. The van der Waals surface area contributed by atoms with E-state index in [4.69, 9.17) is 37.6 Å². The molecule has 2 fully saturated rings. The first-order valence-corrected chi connectivity index (χ1v) is 12.9. The summed E-state index contributed by atoms with van der Waals surface area (Å²) < 4.78 is 44.4. The molecule has 1 aromatic heterocycles. The minimum atomic E-state index is -1.82. The molecular formula is C27H32O15. The maximum atomic E-state index is 13.7. The SMILES string of the molecule is COc1ccc2oc3cc(OC)c(OC)c(OC4O[C@H](CO[C@@H]5OC[C@@H](O)[C@H](O)[C@H]5O)[C@@H](O)[C@H](O)[C@H]4O)c3c(=O)c2c1. The molecule has 3 aromatic rings. The molecule has 230 valence electrons. The van der Waals surface area contributed by atoms with Crippen LogP contribution in [0.3, 0.4) is 0 Å². The van der Waals surface area contributed by atoms with E-state index in [1.807, 2.05) is 0 Å². The number of methoxy groups -OCH3 is 3. The summed E-state index contributed by atoms with van der Waals surface area (Å²) in [6, 6.07) is 6.10. The Labute approximate surface area is 237 Å². The first-order chi connectivity index (χ1) is 20.1. The fourth-order valence-electron chi connectivity index (χ4n) is 4.89. The zero-order valence-corrected chi connectivity index (χ0v) is 22.8. The zero-order valence-electron chi connectivity index (χ0n) is 22.8. The van der Waals surface area contributed by atoms with Crippen LogP contribution in [0.4, 0.5) is 0 Å². The van der Waals surface area contributed by atoms with Gasteiger partial charge in [-0.1, -0.05) is 0 Å². The molecule has 15 heteroatoms. The maximum absolute atomic E-state index is 13.7. The molecule has 0 spiro atoms. The lowest BCUT2D eigenvalue weighted by Crippen LogP contribution is -2.61. The molecule has 9 atom stereocenters. The van der Waals surface area contributed by atoms with Crippen LogP contribution in [0.5, 0.6) is 23.0 Å². The van der Waals surface area contributed by atoms with Gasteiger partial charge in [-0.05, 0) is 18.2 Å². The van der Waals surface area contributed by atoms with Gasteiger partial charge in [0.1, 0.15) is 65.0 Å². The molecule has 2 aromatic carbocycles. The van der Waals surface area contributed by atoms with Gasteiger partial charge in [0.25, 0.3) is 0 Å². The van der Waals surface area contributed by atoms with Gasteiger partial charge in [-0.2, -0.15) is 0 Å². The average Bonchev–Trinajstić information content (AvgIpc) is 2.99. The van der Waals surface area contributed by atoms with E-state index in [1.54, 1.807) is 12.1 Å². The van der Waals surface area contributed by atoms with Gasteiger partial charge in [0.2, 0.25) is 17.5 Å². The van der Waals surface area contributed by atoms with Gasteiger partial charge >= 0.3 is 0 Å². The number of aliphatic hydroxyl groups is 6. The molecule has 1 unspecified atom stereocenters. The zero-order chi connectivity index (χ0) is 30.3. The summed E-state index contributed by atoms with van der Waals surface area (Å²) in [6.07, 6.45) is -14.2. The topological polar surface area (TPSA) is 216 Å². The molecule has 2 saturated heterocycles. The van der Waals surface area contributed by atoms with E-state index in [0.717, 1.165) is 0 Å². The smallest absolute Gasteiger partial charge is 0.229 e. The van der Waals surface area contributed by atoms with Crippen LogP contribution >= 0.6 is 0 Å². The third-order valence-electron chi connectivity index (χ3n) is 7.25. The number of hydrogen-bond donors (Lipinski definition) is 6. The number of aliphatic hydroxyl groups excluding tert-OH is 6. The first kappa shape index (κ1) is 30.2. The molecule has 42 heavy (non-hydrogen) atoms. The Kier molecular flexibility index (Phi) is 8.75. The van der Waals surface area contributed by atoms with Gasteiger partial charge in [-0.15, -0.1) is 0 Å². The second-order valence-electron chi connectivity index (χ2n) is 9.82. The van der Waals surface area contributed by atoms with Gasteiger partial charge < -0.3 is 68.2 Å². The summed E-state index contributed by atoms with van der Waals surface area (Å²) in [6.45, 7) is -0.826. The molecule has 3 heterocycles. The van der Waals surface area contributed by atoms with E-state index in [0.29, 0.717) is 5.75 Å². The van der Waals surface area contributed by atoms with E-state index in [2.05, 4.69) is 0 Å². The summed E-state index contributed by atoms with van der Waals surface area (Å²) >= 11 is 0. The summed E-state index contributed by atoms with van der Waals surface area (Å²) in [5.74, 6) is 0.235. The Balaban J connectivity index is 1.50. The van der Waals surface area contributed by atoms with Gasteiger partial charge in [-0.3, -0.25) is 4.79 Å². The monoisotopic (exact) mass is 596 g/mol. The van der Waals surface area contributed by atoms with Crippen LogP contribution < -0.4 is 24.4 Å². The van der Waals surface area contributed by atoms with Crippen molar-refractivity contribution in [1.82, 2.24) is 0 Å². The molecule has 0 amide bonds. The Morgan fingerprint density at radius 2 is 1.55 bits per heavy atom. The summed E-state index contributed by atoms with van der Waals surface area (Å²) in [5.41, 5.74) is -0.225. The predicted molar refractivity (Wildman–Crippen MR) is 141 cm³/mol. The highest BCUT2D eigenvalue weighted by Crippen LogP contribution is 2.44. The summed E-state index contributed by atoms with van der Waals surface area (Å²) in [7, 11) is 4.10. The Morgan fingerprint density at radius 3 is 2.24 bits per heavy atom. The lowest BCUT2D eigenvalue weighted by atomic mass is 9.99. The minimum absolute atomic E-state index is 0.0463. The lowest BCUT2D eigenvalue weighted by molar-refractivity contribution is -0.307. The Morgan fingerprint density at radius 1 is 0.810 bits per heavy atom. The summed E-state index contributed by atoms with van der Waals surface area (Å²) in [4.78, 5) is 13.7. The Bertz CT molecular complexity index is 1470. The van der Waals surface area contributed by atoms with Gasteiger partial charge in [0, 0.05) is 6.07 Å². The van der Waals surface area contributed by atoms with Gasteiger partial charge in [0.05, 0.1) is 39.9 Å². The van der Waals surface area contributed by atoms with Crippen molar-refractivity contribution in [2.75, 3.05) is 34.5 Å². The largest absolute Gasteiger partial charge is 0.497 e. The third-order valence-corrected chi connectivity index (χ3v) is 7.25. The van der Waals surface area contributed by atoms with Gasteiger partial charge in [0.15, 0.2) is 17.8 Å². The fourth-order valence-corrected chi connectivity index (χ4v) is 4.89. The second-order valence-corrected chi connectivity index (χ2v) is 9.82. The molecule has 2 aliphatic rings. The molecule has 0 saturated carbocycles. The van der Waals surface area contributed by atoms with Crippen LogP contribution in [-0.2, 0) is 14.2 Å². The van der Waals surface area contributed by atoms with Gasteiger partial charge in [-0.25, -0.2) is 0 Å². The van der Waals surface area contributed by atoms with Crippen molar-refractivity contribution in [2.45, 2.75) is 55.3 Å². The summed E-state index contributed by atoms with van der Waals surface area (Å²) in [5, 5.41) is 61.7. The van der Waals surface area contributed by atoms with Crippen molar-refractivity contribution in [3.05, 3.63) is 34.5 Å². The standard InChI is InChI=1S/C27H32O15/c1-35-10-4-5-13-11(6-10)18(29)17-14(40-13)7-15(36-2)24(37-3)25(17)42-27-23(34)21(32)20(31)16(41-27)9-39-26-22(33)19(30)12(28)8-38-26/h4-7,12,16,19-23,26-28,30-34H,8-9H2,1-3H3/t12-,16-,19+,20-,21+,22-,23-,26+,27?/m1/s1. The number of fused-ring (bicyclic) bond motifs is 2. The predicted octanol–water partition coefficient (Wildman–Crippen LogP) is -1.39. The van der Waals surface area contributed by atoms with Crippen molar-refractivity contribution < 1.29 is 68.2 Å². The molecular weight excluding hydrogens is 564 g/mol. The molecule has 5 rings (SSSR count). The normalized spacial score (nSPS) is 31.7. The van der Waals surface area contributed by atoms with Crippen LogP contribution in [0.2, 0.25) is 0 Å². The van der Waals surface area contributed by atoms with E-state index in [1.165, 1.54) is 33.5 Å².